The van der Waals surface area contributed by atoms with Crippen molar-refractivity contribution in [3.05, 3.63) is 98.0 Å². The zero-order chi connectivity index (χ0) is 25.4. The third kappa shape index (κ3) is 5.31. The van der Waals surface area contributed by atoms with Crippen LogP contribution in [0.15, 0.2) is 52.9 Å². The molecule has 184 valence electrons. The molecule has 0 aliphatic heterocycles. The predicted octanol–water partition coefficient (Wildman–Crippen LogP) is 6.41. The van der Waals surface area contributed by atoms with Gasteiger partial charge in [-0.2, -0.15) is 0 Å². The van der Waals surface area contributed by atoms with Gasteiger partial charge in [0.1, 0.15) is 5.76 Å². The Morgan fingerprint density at radius 1 is 1.00 bits per heavy atom. The molecule has 1 N–H and O–H groups in total. The molecule has 0 radical (unpaired) electrons. The van der Waals surface area contributed by atoms with Crippen molar-refractivity contribution in [2.75, 3.05) is 6.54 Å². The topological polar surface area (TPSA) is 85.4 Å². The third-order valence-electron chi connectivity index (χ3n) is 7.41. The Morgan fingerprint density at radius 2 is 1.63 bits per heavy atom. The number of hydrogen-bond acceptors (Lipinski definition) is 4. The molecule has 4 rings (SSSR count). The van der Waals surface area contributed by atoms with Crippen molar-refractivity contribution in [3.63, 3.8) is 0 Å². The zero-order valence-corrected chi connectivity index (χ0v) is 21.2. The van der Waals surface area contributed by atoms with Gasteiger partial charge < -0.3 is 9.73 Å². The highest BCUT2D eigenvalue weighted by molar-refractivity contribution is 5.91. The fraction of sp³-hybridized carbons (Fsp3) is 0.414. The minimum absolute atomic E-state index is 0.0577. The minimum atomic E-state index is -0.423. The number of amides is 1. The highest BCUT2D eigenvalue weighted by atomic mass is 16.6. The number of hydrogen-bond donors (Lipinski definition) is 1. The first-order valence-corrected chi connectivity index (χ1v) is 12.2. The van der Waals surface area contributed by atoms with E-state index in [1.54, 1.807) is 18.2 Å². The number of benzene rings is 2. The van der Waals surface area contributed by atoms with E-state index in [0.717, 1.165) is 11.3 Å². The fourth-order valence-electron chi connectivity index (χ4n) is 4.93. The molecular weight excluding hydrogens is 440 g/mol. The Labute approximate surface area is 206 Å². The van der Waals surface area contributed by atoms with Crippen molar-refractivity contribution in [3.8, 4) is 0 Å². The number of aryl methyl sites for hydroxylation is 1. The van der Waals surface area contributed by atoms with E-state index >= 15 is 0 Å². The number of non-ortho nitro benzene ring substituents is 1. The molecule has 3 aromatic rings. The molecule has 0 saturated carbocycles. The highest BCUT2D eigenvalue weighted by Crippen LogP contribution is 2.46. The van der Waals surface area contributed by atoms with Gasteiger partial charge in [-0.05, 0) is 77.0 Å². The number of nitro groups is 1. The molecule has 6 heteroatoms. The standard InChI is InChI=1S/C29H34N2O4/c1-19-16-24-25(29(4,5)14-13-28(24,2)3)18-21(19)17-23-10-11-26(35-23)27(32)30-15-12-20-6-8-22(9-7-20)31(33)34/h6-11,16,18H,12-15,17H2,1-5H3,(H,30,32). The first-order chi connectivity index (χ1) is 16.5. The van der Waals surface area contributed by atoms with E-state index in [2.05, 4.69) is 52.1 Å². The lowest BCUT2D eigenvalue weighted by molar-refractivity contribution is -0.384. The highest BCUT2D eigenvalue weighted by Gasteiger charge is 2.37. The molecule has 6 nitrogen and oxygen atoms in total. The molecule has 0 fully saturated rings. The molecule has 35 heavy (non-hydrogen) atoms. The maximum Gasteiger partial charge on any atom is 0.287 e. The minimum Gasteiger partial charge on any atom is -0.456 e. The van der Waals surface area contributed by atoms with Gasteiger partial charge >= 0.3 is 0 Å². The molecule has 0 saturated heterocycles. The summed E-state index contributed by atoms with van der Waals surface area (Å²) in [7, 11) is 0. The first kappa shape index (κ1) is 24.7. The normalized spacial score (nSPS) is 15.9. The first-order valence-electron chi connectivity index (χ1n) is 12.2. The molecule has 1 amide bonds. The third-order valence-corrected chi connectivity index (χ3v) is 7.41. The van der Waals surface area contributed by atoms with Gasteiger partial charge in [0.15, 0.2) is 5.76 Å². The van der Waals surface area contributed by atoms with Gasteiger partial charge in [0, 0.05) is 25.1 Å². The second-order valence-corrected chi connectivity index (χ2v) is 11.0. The number of nitrogens with zero attached hydrogens (tertiary/aromatic N) is 1. The SMILES string of the molecule is Cc1cc2c(cc1Cc1ccc(C(=O)NCCc3ccc([N+](=O)[O-])cc3)o1)C(C)(C)CCC2(C)C. The van der Waals surface area contributed by atoms with Gasteiger partial charge in [-0.15, -0.1) is 0 Å². The fourth-order valence-corrected chi connectivity index (χ4v) is 4.93. The van der Waals surface area contributed by atoms with Crippen LogP contribution in [0.3, 0.4) is 0 Å². The summed E-state index contributed by atoms with van der Waals surface area (Å²) in [6.45, 7) is 11.9. The summed E-state index contributed by atoms with van der Waals surface area (Å²) in [5, 5.41) is 13.6. The largest absolute Gasteiger partial charge is 0.456 e. The molecular formula is C29H34N2O4. The average Bonchev–Trinajstić information content (AvgIpc) is 3.27. The predicted molar refractivity (Wildman–Crippen MR) is 137 cm³/mol. The van der Waals surface area contributed by atoms with Crippen LogP contribution in [-0.4, -0.2) is 17.4 Å². The Morgan fingerprint density at radius 3 is 2.26 bits per heavy atom. The van der Waals surface area contributed by atoms with Gasteiger partial charge in [0.2, 0.25) is 0 Å². The summed E-state index contributed by atoms with van der Waals surface area (Å²) in [6, 6.07) is 14.6. The second-order valence-electron chi connectivity index (χ2n) is 11.0. The van der Waals surface area contributed by atoms with Crippen molar-refractivity contribution in [1.29, 1.82) is 0 Å². The molecule has 0 atom stereocenters. The van der Waals surface area contributed by atoms with E-state index in [9.17, 15) is 14.9 Å². The molecule has 0 spiro atoms. The maximum absolute atomic E-state index is 12.6. The van der Waals surface area contributed by atoms with Crippen molar-refractivity contribution in [2.24, 2.45) is 0 Å². The Bertz CT molecular complexity index is 1250. The van der Waals surface area contributed by atoms with Crippen LogP contribution in [0.25, 0.3) is 0 Å². The van der Waals surface area contributed by atoms with Gasteiger partial charge in [0.05, 0.1) is 4.92 Å². The Hall–Kier alpha value is -3.41. The maximum atomic E-state index is 12.6. The van der Waals surface area contributed by atoms with Crippen LogP contribution in [0.4, 0.5) is 5.69 Å². The van der Waals surface area contributed by atoms with Gasteiger partial charge in [-0.3, -0.25) is 14.9 Å². The van der Waals surface area contributed by atoms with E-state index in [1.165, 1.54) is 47.2 Å². The number of carbonyl (C=O) groups excluding carboxylic acids is 1. The van der Waals surface area contributed by atoms with Gasteiger partial charge in [-0.1, -0.05) is 52.0 Å². The number of rotatable bonds is 7. The smallest absolute Gasteiger partial charge is 0.287 e. The molecule has 0 bridgehead atoms. The Balaban J connectivity index is 1.41. The van der Waals surface area contributed by atoms with Crippen LogP contribution < -0.4 is 5.32 Å². The summed E-state index contributed by atoms with van der Waals surface area (Å²) in [5.41, 5.74) is 6.65. The van der Waals surface area contributed by atoms with E-state index in [0.29, 0.717) is 25.1 Å². The van der Waals surface area contributed by atoms with E-state index < -0.39 is 4.92 Å². The van der Waals surface area contributed by atoms with Crippen LogP contribution in [0.5, 0.6) is 0 Å². The van der Waals surface area contributed by atoms with Crippen molar-refractivity contribution >= 4 is 11.6 Å². The summed E-state index contributed by atoms with van der Waals surface area (Å²) in [4.78, 5) is 22.9. The number of nitro benzene ring substituents is 1. The van der Waals surface area contributed by atoms with E-state index in [-0.39, 0.29) is 22.4 Å². The van der Waals surface area contributed by atoms with Crippen LogP contribution in [0.1, 0.15) is 84.7 Å². The van der Waals surface area contributed by atoms with Crippen molar-refractivity contribution < 1.29 is 14.1 Å². The van der Waals surface area contributed by atoms with E-state index in [4.69, 9.17) is 4.42 Å². The van der Waals surface area contributed by atoms with Crippen LogP contribution >= 0.6 is 0 Å². The van der Waals surface area contributed by atoms with Crippen molar-refractivity contribution in [1.82, 2.24) is 5.32 Å². The van der Waals surface area contributed by atoms with Gasteiger partial charge in [-0.25, -0.2) is 0 Å². The molecule has 0 unspecified atom stereocenters. The molecule has 2 aromatic carbocycles. The Kier molecular flexibility index (Phi) is 6.58. The van der Waals surface area contributed by atoms with Crippen LogP contribution in [-0.2, 0) is 23.7 Å². The van der Waals surface area contributed by atoms with Crippen LogP contribution in [0.2, 0.25) is 0 Å². The second kappa shape index (κ2) is 9.33. The number of carbonyl (C=O) groups is 1. The number of fused-ring (bicyclic) bond motifs is 1. The number of furan rings is 1. The monoisotopic (exact) mass is 474 g/mol. The lowest BCUT2D eigenvalue weighted by Gasteiger charge is -2.42. The van der Waals surface area contributed by atoms with Gasteiger partial charge in [0.25, 0.3) is 11.6 Å². The van der Waals surface area contributed by atoms with Crippen molar-refractivity contribution in [2.45, 2.75) is 71.1 Å². The molecule has 1 aliphatic carbocycles. The lowest BCUT2D eigenvalue weighted by atomic mass is 9.62. The molecule has 1 heterocycles. The van der Waals surface area contributed by atoms with Crippen LogP contribution in [0, 0.1) is 17.0 Å². The zero-order valence-electron chi connectivity index (χ0n) is 21.2. The summed E-state index contributed by atoms with van der Waals surface area (Å²) in [6.07, 6.45) is 3.58. The summed E-state index contributed by atoms with van der Waals surface area (Å²) in [5.74, 6) is 0.797. The average molecular weight is 475 g/mol. The lowest BCUT2D eigenvalue weighted by Crippen LogP contribution is -2.34. The number of nitrogens with one attached hydrogen (secondary N) is 1. The summed E-state index contributed by atoms with van der Waals surface area (Å²) < 4.78 is 5.90. The quantitative estimate of drug-likeness (QED) is 0.317. The summed E-state index contributed by atoms with van der Waals surface area (Å²) >= 11 is 0. The van der Waals surface area contributed by atoms with E-state index in [1.807, 2.05) is 6.07 Å². The molecule has 1 aromatic heterocycles. The molecule has 1 aliphatic rings.